The summed E-state index contributed by atoms with van der Waals surface area (Å²) in [7, 11) is 1.50. The zero-order chi connectivity index (χ0) is 12.3. The minimum atomic E-state index is -0.594. The molecular formula is C11H16BrN3O. The van der Waals surface area contributed by atoms with Gasteiger partial charge >= 0.3 is 0 Å². The Bertz CT molecular complexity index is 393. The summed E-state index contributed by atoms with van der Waals surface area (Å²) in [6.07, 6.45) is 0.492. The van der Waals surface area contributed by atoms with Crippen molar-refractivity contribution in [2.75, 3.05) is 7.05 Å². The molecule has 0 saturated heterocycles. The minimum Gasteiger partial charge on any atom is -0.320 e. The van der Waals surface area contributed by atoms with Gasteiger partial charge in [-0.2, -0.15) is 0 Å². The highest BCUT2D eigenvalue weighted by Gasteiger charge is 2.17. The number of nitrogens with two attached hydrogens (primary N) is 2. The molecule has 1 rings (SSSR count). The number of likely N-dealkylation sites (N-methyl/N-ethyl adjacent to an activating group) is 1. The van der Waals surface area contributed by atoms with E-state index in [1.165, 1.54) is 7.05 Å². The summed E-state index contributed by atoms with van der Waals surface area (Å²) in [6, 6.07) is 5.33. The highest BCUT2D eigenvalue weighted by Crippen LogP contribution is 2.17. The first-order chi connectivity index (χ1) is 7.41. The van der Waals surface area contributed by atoms with E-state index in [4.69, 9.17) is 11.6 Å². The average Bonchev–Trinajstić information content (AvgIpc) is 2.22. The Labute approximate surface area is 104 Å². The third-order valence-electron chi connectivity index (χ3n) is 2.42. The van der Waals surface area contributed by atoms with E-state index in [1.807, 2.05) is 25.1 Å². The molecule has 1 aromatic carbocycles. The zero-order valence-corrected chi connectivity index (χ0v) is 11.0. The number of hydrazine groups is 1. The molecule has 0 aliphatic carbocycles. The Balaban J connectivity index is 2.80. The molecule has 0 bridgehead atoms. The van der Waals surface area contributed by atoms with Crippen molar-refractivity contribution in [2.45, 2.75) is 19.4 Å². The van der Waals surface area contributed by atoms with E-state index in [1.54, 1.807) is 0 Å². The van der Waals surface area contributed by atoms with Crippen LogP contribution in [0.4, 0.5) is 0 Å². The molecule has 0 saturated carbocycles. The average molecular weight is 286 g/mol. The van der Waals surface area contributed by atoms with E-state index in [0.29, 0.717) is 6.42 Å². The van der Waals surface area contributed by atoms with Crippen molar-refractivity contribution in [3.63, 3.8) is 0 Å². The van der Waals surface area contributed by atoms with Gasteiger partial charge in [-0.25, -0.2) is 5.84 Å². The van der Waals surface area contributed by atoms with Crippen molar-refractivity contribution in [1.29, 1.82) is 0 Å². The molecule has 0 radical (unpaired) electrons. The summed E-state index contributed by atoms with van der Waals surface area (Å²) in [6.45, 7) is 1.99. The molecule has 1 unspecified atom stereocenters. The van der Waals surface area contributed by atoms with Crippen LogP contribution in [0.15, 0.2) is 22.7 Å². The highest BCUT2D eigenvalue weighted by atomic mass is 79.9. The summed E-state index contributed by atoms with van der Waals surface area (Å²) >= 11 is 3.39. The first-order valence-corrected chi connectivity index (χ1v) is 5.74. The van der Waals surface area contributed by atoms with Gasteiger partial charge in [-0.3, -0.25) is 9.80 Å². The number of benzene rings is 1. The molecule has 0 fully saturated rings. The van der Waals surface area contributed by atoms with Crippen molar-refractivity contribution in [1.82, 2.24) is 5.01 Å². The lowest BCUT2D eigenvalue weighted by molar-refractivity contribution is -0.131. The number of carbonyl (C=O) groups is 1. The number of rotatable bonds is 3. The maximum absolute atomic E-state index is 11.5. The SMILES string of the molecule is Cc1ccc(Br)cc1CC(N)C(=O)N(C)N. The largest absolute Gasteiger partial charge is 0.320 e. The van der Waals surface area contributed by atoms with E-state index < -0.39 is 6.04 Å². The van der Waals surface area contributed by atoms with Crippen LogP contribution in [0.1, 0.15) is 11.1 Å². The smallest absolute Gasteiger partial charge is 0.253 e. The summed E-state index contributed by atoms with van der Waals surface area (Å²) in [5.74, 6) is 5.09. The number of carbonyl (C=O) groups excluding carboxylic acids is 1. The molecule has 0 aromatic heterocycles. The molecule has 1 aromatic rings. The lowest BCUT2D eigenvalue weighted by Gasteiger charge is -2.17. The van der Waals surface area contributed by atoms with Crippen LogP contribution in [0.25, 0.3) is 0 Å². The van der Waals surface area contributed by atoms with Gasteiger partial charge in [0.2, 0.25) is 0 Å². The maximum atomic E-state index is 11.5. The van der Waals surface area contributed by atoms with Crippen LogP contribution in [-0.4, -0.2) is 24.0 Å². The van der Waals surface area contributed by atoms with Crippen molar-refractivity contribution in [2.24, 2.45) is 11.6 Å². The Morgan fingerprint density at radius 1 is 1.56 bits per heavy atom. The third-order valence-corrected chi connectivity index (χ3v) is 2.91. The maximum Gasteiger partial charge on any atom is 0.253 e. The summed E-state index contributed by atoms with van der Waals surface area (Å²) in [5.41, 5.74) is 7.95. The second kappa shape index (κ2) is 5.43. The van der Waals surface area contributed by atoms with Gasteiger partial charge in [-0.15, -0.1) is 0 Å². The molecule has 0 aliphatic rings. The molecule has 4 nitrogen and oxygen atoms in total. The molecule has 5 heteroatoms. The van der Waals surface area contributed by atoms with Gasteiger partial charge in [0, 0.05) is 11.5 Å². The fourth-order valence-electron chi connectivity index (χ4n) is 1.45. The van der Waals surface area contributed by atoms with E-state index >= 15 is 0 Å². The van der Waals surface area contributed by atoms with Crippen LogP contribution >= 0.6 is 15.9 Å². The van der Waals surface area contributed by atoms with Gasteiger partial charge in [0.15, 0.2) is 0 Å². The summed E-state index contributed by atoms with van der Waals surface area (Å²) < 4.78 is 0.980. The first-order valence-electron chi connectivity index (χ1n) is 4.94. The van der Waals surface area contributed by atoms with E-state index in [0.717, 1.165) is 20.6 Å². The fraction of sp³-hybridized carbons (Fsp3) is 0.364. The van der Waals surface area contributed by atoms with Gasteiger partial charge in [0.25, 0.3) is 5.91 Å². The zero-order valence-electron chi connectivity index (χ0n) is 9.40. The van der Waals surface area contributed by atoms with E-state index in [2.05, 4.69) is 15.9 Å². The summed E-state index contributed by atoms with van der Waals surface area (Å²) in [5, 5.41) is 1.03. The molecule has 4 N–H and O–H groups in total. The topological polar surface area (TPSA) is 72.4 Å². The number of hydrogen-bond acceptors (Lipinski definition) is 3. The van der Waals surface area contributed by atoms with Gasteiger partial charge < -0.3 is 5.73 Å². The minimum absolute atomic E-state index is 0.264. The predicted molar refractivity (Wildman–Crippen MR) is 67.5 cm³/mol. The molecule has 0 heterocycles. The lowest BCUT2D eigenvalue weighted by Crippen LogP contribution is -2.46. The molecule has 0 spiro atoms. The standard InChI is InChI=1S/C11H16BrN3O/c1-7-3-4-9(12)5-8(7)6-10(13)11(16)15(2)14/h3-5,10H,6,13-14H2,1-2H3. The molecular weight excluding hydrogens is 270 g/mol. The third kappa shape index (κ3) is 3.30. The molecule has 1 atom stereocenters. The fourth-order valence-corrected chi connectivity index (χ4v) is 1.85. The van der Waals surface area contributed by atoms with Gasteiger partial charge in [0.05, 0.1) is 6.04 Å². The van der Waals surface area contributed by atoms with Crippen molar-refractivity contribution in [3.8, 4) is 0 Å². The molecule has 88 valence electrons. The van der Waals surface area contributed by atoms with Gasteiger partial charge in [-0.1, -0.05) is 22.0 Å². The quantitative estimate of drug-likeness (QED) is 0.494. The van der Waals surface area contributed by atoms with Crippen LogP contribution in [0.2, 0.25) is 0 Å². The Kier molecular flexibility index (Phi) is 4.46. The molecule has 0 aliphatic heterocycles. The van der Waals surface area contributed by atoms with Crippen LogP contribution in [0.5, 0.6) is 0 Å². The number of aryl methyl sites for hydroxylation is 1. The lowest BCUT2D eigenvalue weighted by atomic mass is 10.0. The second-order valence-electron chi connectivity index (χ2n) is 3.83. The highest BCUT2D eigenvalue weighted by molar-refractivity contribution is 9.10. The van der Waals surface area contributed by atoms with Crippen LogP contribution in [-0.2, 0) is 11.2 Å². The van der Waals surface area contributed by atoms with Gasteiger partial charge in [-0.05, 0) is 36.6 Å². The first kappa shape index (κ1) is 13.2. The Morgan fingerprint density at radius 3 is 2.75 bits per heavy atom. The van der Waals surface area contributed by atoms with Crippen LogP contribution in [0.3, 0.4) is 0 Å². The monoisotopic (exact) mass is 285 g/mol. The van der Waals surface area contributed by atoms with Crippen LogP contribution in [0, 0.1) is 6.92 Å². The van der Waals surface area contributed by atoms with Gasteiger partial charge in [0.1, 0.15) is 0 Å². The Hall–Kier alpha value is -0.910. The normalized spacial score (nSPS) is 12.3. The molecule has 16 heavy (non-hydrogen) atoms. The van der Waals surface area contributed by atoms with E-state index in [9.17, 15) is 4.79 Å². The molecule has 1 amide bonds. The van der Waals surface area contributed by atoms with E-state index in [-0.39, 0.29) is 5.91 Å². The van der Waals surface area contributed by atoms with Crippen molar-refractivity contribution in [3.05, 3.63) is 33.8 Å². The summed E-state index contributed by atoms with van der Waals surface area (Å²) in [4.78, 5) is 11.5. The number of halogens is 1. The number of nitrogens with zero attached hydrogens (tertiary/aromatic N) is 1. The number of amides is 1. The van der Waals surface area contributed by atoms with Crippen molar-refractivity contribution >= 4 is 21.8 Å². The Morgan fingerprint density at radius 2 is 2.19 bits per heavy atom. The number of hydrogen-bond donors (Lipinski definition) is 2. The second-order valence-corrected chi connectivity index (χ2v) is 4.75. The van der Waals surface area contributed by atoms with Crippen LogP contribution < -0.4 is 11.6 Å². The predicted octanol–water partition coefficient (Wildman–Crippen LogP) is 0.959. The van der Waals surface area contributed by atoms with Crippen molar-refractivity contribution < 1.29 is 4.79 Å².